The highest BCUT2D eigenvalue weighted by Crippen LogP contribution is 2.30. The summed E-state index contributed by atoms with van der Waals surface area (Å²) in [5.74, 6) is -0.144. The van der Waals surface area contributed by atoms with Crippen molar-refractivity contribution >= 4 is 5.97 Å². The van der Waals surface area contributed by atoms with Crippen LogP contribution in [0.2, 0.25) is 0 Å². The predicted octanol–water partition coefficient (Wildman–Crippen LogP) is 2.89. The van der Waals surface area contributed by atoms with E-state index in [0.717, 1.165) is 22.3 Å². The molecule has 0 aliphatic rings. The maximum Gasteiger partial charge on any atom is 0.317 e. The number of carbonyl (C=O) groups is 1. The van der Waals surface area contributed by atoms with E-state index in [1.165, 1.54) is 0 Å². The predicted molar refractivity (Wildman–Crippen MR) is 89.2 cm³/mol. The minimum absolute atomic E-state index is 0.153. The van der Waals surface area contributed by atoms with Crippen LogP contribution >= 0.6 is 0 Å². The molecule has 0 aliphatic carbocycles. The number of hydrogen-bond acceptors (Lipinski definition) is 5. The molecule has 0 spiro atoms. The number of nitrogens with one attached hydrogen (secondary N) is 1. The lowest BCUT2D eigenvalue weighted by Gasteiger charge is -2.09. The summed E-state index contributed by atoms with van der Waals surface area (Å²) in [7, 11) is 0. The fourth-order valence-electron chi connectivity index (χ4n) is 2.51. The molecule has 0 amide bonds. The van der Waals surface area contributed by atoms with Crippen LogP contribution in [0.4, 0.5) is 0 Å². The first-order chi connectivity index (χ1) is 11.6. The van der Waals surface area contributed by atoms with Crippen LogP contribution in [0.25, 0.3) is 22.6 Å². The molecule has 6 heteroatoms. The van der Waals surface area contributed by atoms with Crippen molar-refractivity contribution in [1.82, 2.24) is 15.5 Å². The third kappa shape index (κ3) is 3.49. The summed E-state index contributed by atoms with van der Waals surface area (Å²) in [6, 6.07) is 16.0. The maximum absolute atomic E-state index is 10.5. The van der Waals surface area contributed by atoms with Gasteiger partial charge < -0.3 is 9.52 Å². The number of carboxylic acid groups (broad SMARTS) is 1. The smallest absolute Gasteiger partial charge is 0.317 e. The zero-order valence-corrected chi connectivity index (χ0v) is 13.2. The van der Waals surface area contributed by atoms with Gasteiger partial charge in [0.15, 0.2) is 0 Å². The second kappa shape index (κ2) is 7.06. The van der Waals surface area contributed by atoms with Gasteiger partial charge in [0.25, 0.3) is 0 Å². The van der Waals surface area contributed by atoms with Gasteiger partial charge in [-0.1, -0.05) is 42.5 Å². The molecule has 0 saturated carbocycles. The van der Waals surface area contributed by atoms with Gasteiger partial charge in [-0.05, 0) is 29.7 Å². The first-order valence-corrected chi connectivity index (χ1v) is 7.55. The first kappa shape index (κ1) is 15.9. The monoisotopic (exact) mass is 323 g/mol. The van der Waals surface area contributed by atoms with Crippen LogP contribution in [-0.4, -0.2) is 27.8 Å². The molecule has 6 nitrogen and oxygen atoms in total. The van der Waals surface area contributed by atoms with Crippen molar-refractivity contribution in [3.8, 4) is 22.6 Å². The molecule has 0 bridgehead atoms. The molecule has 2 aromatic carbocycles. The summed E-state index contributed by atoms with van der Waals surface area (Å²) >= 11 is 0. The van der Waals surface area contributed by atoms with E-state index in [0.29, 0.717) is 11.8 Å². The van der Waals surface area contributed by atoms with E-state index in [1.807, 2.05) is 37.3 Å². The van der Waals surface area contributed by atoms with Crippen LogP contribution in [0.5, 0.6) is 0 Å². The third-order valence-corrected chi connectivity index (χ3v) is 3.67. The van der Waals surface area contributed by atoms with Gasteiger partial charge in [-0.15, -0.1) is 10.2 Å². The van der Waals surface area contributed by atoms with Crippen LogP contribution in [0, 0.1) is 6.92 Å². The number of nitrogens with zero attached hydrogens (tertiary/aromatic N) is 2. The van der Waals surface area contributed by atoms with Gasteiger partial charge in [0.1, 0.15) is 0 Å². The molecule has 0 radical (unpaired) electrons. The van der Waals surface area contributed by atoms with E-state index < -0.39 is 5.97 Å². The number of benzene rings is 2. The van der Waals surface area contributed by atoms with Crippen molar-refractivity contribution in [1.29, 1.82) is 0 Å². The molecule has 3 aromatic rings. The van der Waals surface area contributed by atoms with E-state index in [2.05, 4.69) is 33.7 Å². The topological polar surface area (TPSA) is 88.2 Å². The highest BCUT2D eigenvalue weighted by atomic mass is 16.4. The minimum atomic E-state index is -0.929. The van der Waals surface area contributed by atoms with Crippen molar-refractivity contribution in [2.24, 2.45) is 0 Å². The summed E-state index contributed by atoms with van der Waals surface area (Å²) in [6.45, 7) is 2.08. The van der Waals surface area contributed by atoms with Gasteiger partial charge in [-0.3, -0.25) is 10.1 Å². The van der Waals surface area contributed by atoms with E-state index in [9.17, 15) is 4.79 Å². The Morgan fingerprint density at radius 3 is 2.58 bits per heavy atom. The minimum Gasteiger partial charge on any atom is -0.480 e. The zero-order valence-electron chi connectivity index (χ0n) is 13.2. The van der Waals surface area contributed by atoms with E-state index in [4.69, 9.17) is 9.52 Å². The summed E-state index contributed by atoms with van der Waals surface area (Å²) in [4.78, 5) is 10.5. The van der Waals surface area contributed by atoms with Gasteiger partial charge in [0.05, 0.1) is 13.1 Å². The van der Waals surface area contributed by atoms with Crippen molar-refractivity contribution in [3.05, 3.63) is 60.0 Å². The molecule has 0 saturated heterocycles. The summed E-state index contributed by atoms with van der Waals surface area (Å²) in [5, 5.41) is 19.4. The Morgan fingerprint density at radius 2 is 1.83 bits per heavy atom. The van der Waals surface area contributed by atoms with Gasteiger partial charge in [0.2, 0.25) is 11.8 Å². The maximum atomic E-state index is 10.5. The molecule has 0 unspecified atom stereocenters. The molecule has 0 fully saturated rings. The average Bonchev–Trinajstić information content (AvgIpc) is 3.04. The highest BCUT2D eigenvalue weighted by molar-refractivity contribution is 5.75. The van der Waals surface area contributed by atoms with Crippen LogP contribution in [0.15, 0.2) is 52.9 Å². The van der Waals surface area contributed by atoms with Crippen molar-refractivity contribution in [2.45, 2.75) is 13.5 Å². The number of rotatable bonds is 6. The Bertz CT molecular complexity index is 844. The molecule has 0 atom stereocenters. The second-order valence-corrected chi connectivity index (χ2v) is 5.34. The summed E-state index contributed by atoms with van der Waals surface area (Å²) < 4.78 is 5.65. The Morgan fingerprint density at radius 1 is 1.08 bits per heavy atom. The molecule has 2 N–H and O–H groups in total. The molecular weight excluding hydrogens is 306 g/mol. The Balaban J connectivity index is 1.85. The quantitative estimate of drug-likeness (QED) is 0.725. The molecule has 24 heavy (non-hydrogen) atoms. The first-order valence-electron chi connectivity index (χ1n) is 7.55. The Labute approximate surface area is 139 Å². The zero-order chi connectivity index (χ0) is 16.9. The van der Waals surface area contributed by atoms with E-state index >= 15 is 0 Å². The summed E-state index contributed by atoms with van der Waals surface area (Å²) in [5.41, 5.74) is 4.15. The fourth-order valence-corrected chi connectivity index (χ4v) is 2.51. The van der Waals surface area contributed by atoms with Crippen molar-refractivity contribution in [2.75, 3.05) is 6.54 Å². The van der Waals surface area contributed by atoms with Crippen LogP contribution in [-0.2, 0) is 11.3 Å². The lowest BCUT2D eigenvalue weighted by Crippen LogP contribution is -2.21. The van der Waals surface area contributed by atoms with Gasteiger partial charge >= 0.3 is 5.97 Å². The van der Waals surface area contributed by atoms with Crippen LogP contribution in [0.3, 0.4) is 0 Å². The van der Waals surface area contributed by atoms with Crippen molar-refractivity contribution in [3.63, 3.8) is 0 Å². The van der Waals surface area contributed by atoms with Gasteiger partial charge in [-0.25, -0.2) is 0 Å². The lowest BCUT2D eigenvalue weighted by molar-refractivity contribution is -0.136. The number of aliphatic carboxylic acids is 1. The van der Waals surface area contributed by atoms with Crippen LogP contribution in [0.1, 0.15) is 11.5 Å². The molecule has 1 aromatic heterocycles. The van der Waals surface area contributed by atoms with Gasteiger partial charge in [-0.2, -0.15) is 0 Å². The Hall–Kier alpha value is -2.99. The average molecular weight is 323 g/mol. The number of hydrogen-bond donors (Lipinski definition) is 2. The Kier molecular flexibility index (Phi) is 4.67. The van der Waals surface area contributed by atoms with Gasteiger partial charge in [0, 0.05) is 5.56 Å². The summed E-state index contributed by atoms with van der Waals surface area (Å²) in [6.07, 6.45) is 0. The normalized spacial score (nSPS) is 10.7. The van der Waals surface area contributed by atoms with Crippen molar-refractivity contribution < 1.29 is 14.3 Å². The largest absolute Gasteiger partial charge is 0.480 e. The van der Waals surface area contributed by atoms with Crippen LogP contribution < -0.4 is 5.32 Å². The lowest BCUT2D eigenvalue weighted by atomic mass is 9.96. The molecule has 3 rings (SSSR count). The van der Waals surface area contributed by atoms with E-state index in [-0.39, 0.29) is 13.1 Å². The molecular formula is C18H17N3O3. The van der Waals surface area contributed by atoms with E-state index in [1.54, 1.807) is 0 Å². The number of carboxylic acids is 1. The molecule has 1 heterocycles. The third-order valence-electron chi connectivity index (χ3n) is 3.67. The fraction of sp³-hybridized carbons (Fsp3) is 0.167. The molecule has 0 aliphatic heterocycles. The standard InChI is InChI=1S/C18H17N3O3/c1-12-14(13-6-3-2-4-7-13)8-5-9-15(12)18-21-20-16(24-18)10-19-11-17(22)23/h2-9,19H,10-11H2,1H3,(H,22,23). The molecule has 122 valence electrons. The second-order valence-electron chi connectivity index (χ2n) is 5.34. The number of aromatic nitrogens is 2. The highest BCUT2D eigenvalue weighted by Gasteiger charge is 2.13. The SMILES string of the molecule is Cc1c(-c2ccccc2)cccc1-c1nnc(CNCC(=O)O)o1.